The highest BCUT2D eigenvalue weighted by Gasteiger charge is 2.33. The summed E-state index contributed by atoms with van der Waals surface area (Å²) in [4.78, 5) is 2.79. The normalized spacial score (nSPS) is 14.4. The molecule has 1 fully saturated rings. The maximum atomic E-state index is 14.8. The lowest BCUT2D eigenvalue weighted by atomic mass is 9.89. The quantitative estimate of drug-likeness (QED) is 0.239. The first-order chi connectivity index (χ1) is 19.5. The Morgan fingerprint density at radius 2 is 1.46 bits per heavy atom. The first-order valence-corrected chi connectivity index (χ1v) is 16.3. The number of phenols is 1. The fourth-order valence-electron chi connectivity index (χ4n) is 5.44. The van der Waals surface area contributed by atoms with Crippen LogP contribution in [0.25, 0.3) is 0 Å². The highest BCUT2D eigenvalue weighted by Crippen LogP contribution is 2.39. The third-order valence-corrected chi connectivity index (χ3v) is 9.77. The number of anilines is 1. The number of phenolic OH excluding ortho intramolecular Hbond substituents is 1. The Balaban J connectivity index is 1.76. The second kappa shape index (κ2) is 13.3. The molecule has 222 valence electrons. The topological polar surface area (TPSA) is 70.1 Å². The lowest BCUT2D eigenvalue weighted by molar-refractivity contribution is 0.238. The smallest absolute Gasteiger partial charge is 0.265 e. The van der Waals surface area contributed by atoms with Gasteiger partial charge in [0.05, 0.1) is 17.1 Å². The van der Waals surface area contributed by atoms with E-state index < -0.39 is 10.0 Å². The molecule has 0 saturated carbocycles. The van der Waals surface area contributed by atoms with Gasteiger partial charge in [0.25, 0.3) is 10.0 Å². The van der Waals surface area contributed by atoms with E-state index in [1.165, 1.54) is 17.1 Å². The molecule has 41 heavy (non-hydrogen) atoms. The summed E-state index contributed by atoms with van der Waals surface area (Å²) in [6.45, 7) is 16.3. The highest BCUT2D eigenvalue weighted by molar-refractivity contribution is 7.93. The molecule has 1 heterocycles. The number of likely N-dealkylation sites (tertiary alicyclic amines) is 1. The Hall–Kier alpha value is -3.03. The van der Waals surface area contributed by atoms with Crippen molar-refractivity contribution in [1.82, 2.24) is 4.90 Å². The van der Waals surface area contributed by atoms with Crippen molar-refractivity contribution in [2.45, 2.75) is 83.6 Å². The summed E-state index contributed by atoms with van der Waals surface area (Å²) >= 11 is 0. The molecule has 1 N–H and O–H groups in total. The molecule has 0 unspecified atom stereocenters. The maximum absolute atomic E-state index is 14.8. The average Bonchev–Trinajstić information content (AvgIpc) is 3.45. The van der Waals surface area contributed by atoms with E-state index >= 15 is 0 Å². The molecule has 1 aliphatic heterocycles. The van der Waals surface area contributed by atoms with Crippen LogP contribution in [0.3, 0.4) is 0 Å². The lowest BCUT2D eigenvalue weighted by Crippen LogP contribution is -2.32. The van der Waals surface area contributed by atoms with E-state index in [0.29, 0.717) is 22.8 Å². The number of sulfonamides is 1. The Labute approximate surface area is 247 Å². The van der Waals surface area contributed by atoms with Gasteiger partial charge in [-0.2, -0.15) is 0 Å². The molecule has 1 saturated heterocycles. The molecule has 0 atom stereocenters. The molecule has 0 spiro atoms. The molecule has 3 aromatic carbocycles. The fraction of sp³-hybridized carbons (Fsp3) is 0.471. The average molecular weight is 579 g/mol. The van der Waals surface area contributed by atoms with Crippen LogP contribution in [0.2, 0.25) is 0 Å². The van der Waals surface area contributed by atoms with Gasteiger partial charge in [-0.1, -0.05) is 65.8 Å². The minimum Gasteiger partial charge on any atom is -0.508 e. The number of nitrogens with zero attached hydrogens (tertiary/aromatic N) is 2. The zero-order valence-electron chi connectivity index (χ0n) is 25.4. The Morgan fingerprint density at radius 3 is 2.00 bits per heavy atom. The summed E-state index contributed by atoms with van der Waals surface area (Å²) in [5, 5.41) is 10.1. The van der Waals surface area contributed by atoms with Crippen molar-refractivity contribution in [3.63, 3.8) is 0 Å². The fourth-order valence-corrected chi connectivity index (χ4v) is 7.56. The van der Waals surface area contributed by atoms with Gasteiger partial charge in [-0.3, -0.25) is 9.21 Å². The van der Waals surface area contributed by atoms with E-state index in [2.05, 4.69) is 58.6 Å². The number of hydrogen-bond donors (Lipinski definition) is 1. The van der Waals surface area contributed by atoms with Gasteiger partial charge in [0, 0.05) is 6.54 Å². The summed E-state index contributed by atoms with van der Waals surface area (Å²) in [7, 11) is -4.00. The first-order valence-electron chi connectivity index (χ1n) is 14.9. The van der Waals surface area contributed by atoms with Gasteiger partial charge >= 0.3 is 0 Å². The van der Waals surface area contributed by atoms with Gasteiger partial charge in [-0.25, -0.2) is 8.42 Å². The van der Waals surface area contributed by atoms with Gasteiger partial charge in [0.1, 0.15) is 18.1 Å². The monoisotopic (exact) mass is 578 g/mol. The zero-order chi connectivity index (χ0) is 29.7. The summed E-state index contributed by atoms with van der Waals surface area (Å²) < 4.78 is 37.0. The Bertz CT molecular complexity index is 1380. The Kier molecular flexibility index (Phi) is 10.0. The largest absolute Gasteiger partial charge is 0.508 e. The molecule has 0 bridgehead atoms. The van der Waals surface area contributed by atoms with Crippen molar-refractivity contribution < 1.29 is 18.3 Å². The van der Waals surface area contributed by atoms with Crippen LogP contribution in [0.4, 0.5) is 5.69 Å². The number of hydrogen-bond acceptors (Lipinski definition) is 5. The van der Waals surface area contributed by atoms with Crippen LogP contribution in [-0.4, -0.2) is 44.7 Å². The van der Waals surface area contributed by atoms with E-state index in [0.717, 1.165) is 42.1 Å². The van der Waals surface area contributed by atoms with Crippen molar-refractivity contribution in [3.05, 3.63) is 82.9 Å². The van der Waals surface area contributed by atoms with Gasteiger partial charge in [-0.05, 0) is 102 Å². The molecule has 6 nitrogen and oxygen atoms in total. The molecule has 0 aliphatic carbocycles. The molecule has 7 heteroatoms. The van der Waals surface area contributed by atoms with Crippen molar-refractivity contribution in [3.8, 4) is 11.5 Å². The van der Waals surface area contributed by atoms with Crippen LogP contribution < -0.4 is 9.04 Å². The van der Waals surface area contributed by atoms with Crippen molar-refractivity contribution in [2.24, 2.45) is 0 Å². The molecular weight excluding hydrogens is 532 g/mol. The minimum absolute atomic E-state index is 0.0185. The third-order valence-electron chi connectivity index (χ3n) is 7.86. The van der Waals surface area contributed by atoms with Crippen molar-refractivity contribution >= 4 is 15.7 Å². The van der Waals surface area contributed by atoms with Crippen LogP contribution in [0.5, 0.6) is 11.5 Å². The van der Waals surface area contributed by atoms with E-state index in [1.807, 2.05) is 30.3 Å². The molecule has 4 rings (SSSR count). The molecular formula is C34H46N2O4S. The maximum Gasteiger partial charge on any atom is 0.265 e. The number of rotatable bonds is 12. The van der Waals surface area contributed by atoms with Gasteiger partial charge in [0.2, 0.25) is 0 Å². The number of ether oxygens (including phenoxy) is 1. The summed E-state index contributed by atoms with van der Waals surface area (Å²) in [6, 6.07) is 18.3. The molecule has 0 aromatic heterocycles. The van der Waals surface area contributed by atoms with Crippen molar-refractivity contribution in [2.75, 3.05) is 30.5 Å². The van der Waals surface area contributed by atoms with Crippen molar-refractivity contribution in [1.29, 1.82) is 0 Å². The lowest BCUT2D eigenvalue weighted by Gasteiger charge is -2.30. The zero-order valence-corrected chi connectivity index (χ0v) is 26.2. The highest BCUT2D eigenvalue weighted by atomic mass is 32.2. The molecule has 1 aliphatic rings. The number of aromatic hydroxyl groups is 1. The third kappa shape index (κ3) is 7.44. The first kappa shape index (κ1) is 30.9. The van der Waals surface area contributed by atoms with Crippen LogP contribution in [0, 0.1) is 0 Å². The van der Waals surface area contributed by atoms with Gasteiger partial charge in [0.15, 0.2) is 0 Å². The molecule has 0 amide bonds. The van der Waals surface area contributed by atoms with Gasteiger partial charge in [-0.15, -0.1) is 0 Å². The second-order valence-electron chi connectivity index (χ2n) is 12.1. The van der Waals surface area contributed by atoms with E-state index in [-0.39, 0.29) is 30.0 Å². The van der Waals surface area contributed by atoms with Crippen LogP contribution in [0.15, 0.2) is 65.6 Å². The van der Waals surface area contributed by atoms with Crippen LogP contribution in [0.1, 0.15) is 94.4 Å². The van der Waals surface area contributed by atoms with E-state index in [9.17, 15) is 13.5 Å². The van der Waals surface area contributed by atoms with Gasteiger partial charge < -0.3 is 9.84 Å². The summed E-state index contributed by atoms with van der Waals surface area (Å²) in [6.07, 6.45) is 2.49. The van der Waals surface area contributed by atoms with E-state index in [4.69, 9.17) is 4.74 Å². The number of benzene rings is 3. The molecule has 3 aromatic rings. The van der Waals surface area contributed by atoms with Crippen LogP contribution in [-0.2, 0) is 16.6 Å². The second-order valence-corrected chi connectivity index (χ2v) is 13.9. The SMILES string of the molecule is CC(C)c1cc(C(C)C)c(S(=O)(=O)N(Cc2cccc(O)c2)c2ccc(OCCN3CCCC3)cc2)c(C(C)C)c1. The van der Waals surface area contributed by atoms with Crippen LogP contribution >= 0.6 is 0 Å². The summed E-state index contributed by atoms with van der Waals surface area (Å²) in [5.74, 6) is 1.14. The predicted molar refractivity (Wildman–Crippen MR) is 168 cm³/mol. The van der Waals surface area contributed by atoms with E-state index in [1.54, 1.807) is 18.2 Å². The predicted octanol–water partition coefficient (Wildman–Crippen LogP) is 7.63. The summed E-state index contributed by atoms with van der Waals surface area (Å²) in [5.41, 5.74) is 4.07. The molecule has 0 radical (unpaired) electrons. The Morgan fingerprint density at radius 1 is 0.854 bits per heavy atom. The minimum atomic E-state index is -4.00. The standard InChI is InChI=1S/C34H46N2O4S/c1-24(2)28-21-32(25(3)4)34(33(22-28)26(5)6)41(38,39)36(23-27-10-9-11-30(37)20-27)29-12-14-31(15-13-29)40-19-18-35-16-7-8-17-35/h9-15,20-22,24-26,37H,7-8,16-19,23H2,1-6H3.